The smallest absolute Gasteiger partial charge is 0.0630 e. The van der Waals surface area contributed by atoms with Crippen molar-refractivity contribution in [3.8, 4) is 11.4 Å². The molecule has 0 amide bonds. The fraction of sp³-hybridized carbons (Fsp3) is 0. The van der Waals surface area contributed by atoms with E-state index in [4.69, 9.17) is 0 Å². The van der Waals surface area contributed by atoms with Gasteiger partial charge in [0.1, 0.15) is 0 Å². The Morgan fingerprint density at radius 1 is 0.684 bits per heavy atom. The van der Waals surface area contributed by atoms with Gasteiger partial charge in [-0.1, -0.05) is 40.2 Å². The maximum atomic E-state index is 3.50. The number of para-hydroxylation sites is 1. The molecule has 0 aliphatic carbocycles. The number of hydrogen-bond donors (Lipinski definition) is 2. The molecule has 19 heavy (non-hydrogen) atoms. The lowest BCUT2D eigenvalue weighted by Gasteiger charge is -1.91. The minimum absolute atomic E-state index is 1.09. The molecule has 0 saturated carbocycles. The number of H-pyrrole nitrogens is 2. The maximum Gasteiger partial charge on any atom is 0.0630 e. The molecule has 0 atom stereocenters. The van der Waals surface area contributed by atoms with E-state index >= 15 is 0 Å². The highest BCUT2D eigenvalue weighted by Crippen LogP contribution is 2.28. The summed E-state index contributed by atoms with van der Waals surface area (Å²) in [5, 5.41) is 2.45. The predicted octanol–water partition coefficient (Wildman–Crippen LogP) is 5.08. The molecule has 0 saturated heterocycles. The molecule has 0 unspecified atom stereocenters. The predicted molar refractivity (Wildman–Crippen MR) is 83.3 cm³/mol. The van der Waals surface area contributed by atoms with E-state index in [-0.39, 0.29) is 0 Å². The molecule has 0 spiro atoms. The van der Waals surface area contributed by atoms with Gasteiger partial charge in [-0.3, -0.25) is 0 Å². The van der Waals surface area contributed by atoms with Gasteiger partial charge < -0.3 is 9.97 Å². The summed E-state index contributed by atoms with van der Waals surface area (Å²) in [6.07, 6.45) is 0. The molecule has 2 heterocycles. The van der Waals surface area contributed by atoms with E-state index in [9.17, 15) is 0 Å². The number of aromatic amines is 2. The van der Waals surface area contributed by atoms with E-state index < -0.39 is 0 Å². The summed E-state index contributed by atoms with van der Waals surface area (Å²) in [5.74, 6) is 0. The lowest BCUT2D eigenvalue weighted by atomic mass is 10.2. The highest BCUT2D eigenvalue weighted by Gasteiger charge is 2.06. The first-order valence-corrected chi connectivity index (χ1v) is 6.95. The maximum absolute atomic E-state index is 3.50. The molecule has 2 aromatic heterocycles. The normalized spacial score (nSPS) is 11.4. The van der Waals surface area contributed by atoms with E-state index in [1.54, 1.807) is 0 Å². The van der Waals surface area contributed by atoms with Crippen LogP contribution >= 0.6 is 15.9 Å². The topological polar surface area (TPSA) is 31.6 Å². The van der Waals surface area contributed by atoms with E-state index in [0.717, 1.165) is 26.9 Å². The average Bonchev–Trinajstić information content (AvgIpc) is 3.00. The molecule has 2 aromatic carbocycles. The molecule has 4 rings (SSSR count). The van der Waals surface area contributed by atoms with Gasteiger partial charge >= 0.3 is 0 Å². The zero-order valence-corrected chi connectivity index (χ0v) is 11.7. The van der Waals surface area contributed by atoms with E-state index in [1.807, 2.05) is 6.07 Å². The van der Waals surface area contributed by atoms with Gasteiger partial charge in [0.25, 0.3) is 0 Å². The molecule has 3 heteroatoms. The van der Waals surface area contributed by atoms with Crippen LogP contribution in [0, 0.1) is 0 Å². The Kier molecular flexibility index (Phi) is 2.29. The average molecular weight is 311 g/mol. The first-order chi connectivity index (χ1) is 9.29. The molecular weight excluding hydrogens is 300 g/mol. The SMILES string of the molecule is Brc1ccc2cc(-c3cc4ccccc4[nH]3)[nH]c2c1. The van der Waals surface area contributed by atoms with Gasteiger partial charge in [-0.05, 0) is 30.3 Å². The first kappa shape index (κ1) is 10.9. The third kappa shape index (κ3) is 1.78. The Morgan fingerprint density at radius 3 is 2.16 bits per heavy atom. The minimum Gasteiger partial charge on any atom is -0.353 e. The molecule has 4 aromatic rings. The molecule has 0 radical (unpaired) electrons. The van der Waals surface area contributed by atoms with Gasteiger partial charge in [0.15, 0.2) is 0 Å². The molecule has 0 aliphatic heterocycles. The van der Waals surface area contributed by atoms with Gasteiger partial charge in [-0.2, -0.15) is 0 Å². The van der Waals surface area contributed by atoms with Crippen LogP contribution in [0.5, 0.6) is 0 Å². The molecule has 0 aliphatic rings. The second kappa shape index (κ2) is 4.00. The van der Waals surface area contributed by atoms with Crippen molar-refractivity contribution in [2.24, 2.45) is 0 Å². The number of hydrogen-bond acceptors (Lipinski definition) is 0. The molecule has 2 nitrogen and oxygen atoms in total. The van der Waals surface area contributed by atoms with Crippen LogP contribution in [0.4, 0.5) is 0 Å². The van der Waals surface area contributed by atoms with Crippen molar-refractivity contribution in [3.05, 3.63) is 59.1 Å². The third-order valence-electron chi connectivity index (χ3n) is 3.40. The van der Waals surface area contributed by atoms with Crippen LogP contribution in [0.25, 0.3) is 33.2 Å². The lowest BCUT2D eigenvalue weighted by molar-refractivity contribution is 1.38. The molecule has 0 fully saturated rings. The van der Waals surface area contributed by atoms with E-state index in [1.165, 1.54) is 10.8 Å². The van der Waals surface area contributed by atoms with Crippen LogP contribution in [-0.2, 0) is 0 Å². The summed E-state index contributed by atoms with van der Waals surface area (Å²) in [5.41, 5.74) is 4.54. The van der Waals surface area contributed by atoms with Gasteiger partial charge in [0.05, 0.1) is 11.4 Å². The minimum atomic E-state index is 1.09. The van der Waals surface area contributed by atoms with Crippen LogP contribution in [0.1, 0.15) is 0 Å². The number of rotatable bonds is 1. The summed E-state index contributed by atoms with van der Waals surface area (Å²) >= 11 is 3.50. The lowest BCUT2D eigenvalue weighted by Crippen LogP contribution is -1.75. The third-order valence-corrected chi connectivity index (χ3v) is 3.90. The second-order valence-corrected chi connectivity index (χ2v) is 5.60. The van der Waals surface area contributed by atoms with Gasteiger partial charge in [0, 0.05) is 26.3 Å². The Bertz CT molecular complexity index is 853. The second-order valence-electron chi connectivity index (χ2n) is 4.68. The quantitative estimate of drug-likeness (QED) is 0.491. The van der Waals surface area contributed by atoms with Crippen molar-refractivity contribution in [1.29, 1.82) is 0 Å². The summed E-state index contributed by atoms with van der Waals surface area (Å²) in [4.78, 5) is 6.90. The molecule has 2 N–H and O–H groups in total. The standard InChI is InChI=1S/C16H11BrN2/c17-12-6-5-11-8-16(19-14(11)9-12)15-7-10-3-1-2-4-13(10)18-15/h1-9,18-19H. The van der Waals surface area contributed by atoms with Crippen molar-refractivity contribution in [2.75, 3.05) is 0 Å². The Morgan fingerprint density at radius 2 is 1.37 bits per heavy atom. The Hall–Kier alpha value is -2.00. The van der Waals surface area contributed by atoms with E-state index in [2.05, 4.69) is 74.4 Å². The largest absolute Gasteiger partial charge is 0.353 e. The number of fused-ring (bicyclic) bond motifs is 2. The summed E-state index contributed by atoms with van der Waals surface area (Å²) in [6, 6.07) is 18.9. The monoisotopic (exact) mass is 310 g/mol. The van der Waals surface area contributed by atoms with Crippen molar-refractivity contribution in [2.45, 2.75) is 0 Å². The van der Waals surface area contributed by atoms with Crippen LogP contribution in [0.3, 0.4) is 0 Å². The van der Waals surface area contributed by atoms with Crippen molar-refractivity contribution in [1.82, 2.24) is 9.97 Å². The van der Waals surface area contributed by atoms with Gasteiger partial charge in [0.2, 0.25) is 0 Å². The van der Waals surface area contributed by atoms with Crippen molar-refractivity contribution in [3.63, 3.8) is 0 Å². The summed E-state index contributed by atoms with van der Waals surface area (Å²) in [6.45, 7) is 0. The van der Waals surface area contributed by atoms with Gasteiger partial charge in [-0.15, -0.1) is 0 Å². The Balaban J connectivity index is 1.93. The summed E-state index contributed by atoms with van der Waals surface area (Å²) < 4.78 is 1.09. The molecule has 92 valence electrons. The van der Waals surface area contributed by atoms with Crippen LogP contribution in [-0.4, -0.2) is 9.97 Å². The highest BCUT2D eigenvalue weighted by molar-refractivity contribution is 9.10. The van der Waals surface area contributed by atoms with E-state index in [0.29, 0.717) is 0 Å². The number of benzene rings is 2. The summed E-state index contributed by atoms with van der Waals surface area (Å²) in [7, 11) is 0. The zero-order chi connectivity index (χ0) is 12.8. The molecular formula is C16H11BrN2. The highest BCUT2D eigenvalue weighted by atomic mass is 79.9. The van der Waals surface area contributed by atoms with Crippen molar-refractivity contribution >= 4 is 37.7 Å². The zero-order valence-electron chi connectivity index (χ0n) is 10.1. The fourth-order valence-corrected chi connectivity index (χ4v) is 2.82. The number of halogens is 1. The number of nitrogens with one attached hydrogen (secondary N) is 2. The first-order valence-electron chi connectivity index (χ1n) is 6.16. The van der Waals surface area contributed by atoms with Gasteiger partial charge in [-0.25, -0.2) is 0 Å². The van der Waals surface area contributed by atoms with Crippen LogP contribution < -0.4 is 0 Å². The van der Waals surface area contributed by atoms with Crippen LogP contribution in [0.2, 0.25) is 0 Å². The van der Waals surface area contributed by atoms with Crippen LogP contribution in [0.15, 0.2) is 59.1 Å². The number of aromatic nitrogens is 2. The van der Waals surface area contributed by atoms with Crippen molar-refractivity contribution < 1.29 is 0 Å². The fourth-order valence-electron chi connectivity index (χ4n) is 2.46. The Labute approximate surface area is 118 Å². The molecule has 0 bridgehead atoms.